The van der Waals surface area contributed by atoms with E-state index in [1.54, 1.807) is 19.2 Å². The molecule has 0 fully saturated rings. The topological polar surface area (TPSA) is 12.5 Å². The fraction of sp³-hybridized carbons (Fsp3) is 0.538. The molecule has 0 spiro atoms. The van der Waals surface area contributed by atoms with E-state index in [-0.39, 0.29) is 5.82 Å². The first-order valence-electron chi connectivity index (χ1n) is 5.82. The highest BCUT2D eigenvalue weighted by molar-refractivity contribution is 9.09. The molecule has 17 heavy (non-hydrogen) atoms. The standard InChI is InChI=1S/C13H19BrFNO/c1-3-7-16(8-6-14)10-11-4-5-12(17-2)9-13(11)15/h4-5,9H,3,6-8,10H2,1-2H3. The number of halogens is 2. The van der Waals surface area contributed by atoms with Crippen LogP contribution < -0.4 is 4.74 Å². The Morgan fingerprint density at radius 3 is 2.65 bits per heavy atom. The molecule has 0 atom stereocenters. The molecule has 1 rings (SSSR count). The zero-order valence-corrected chi connectivity index (χ0v) is 12.0. The van der Waals surface area contributed by atoms with Crippen molar-refractivity contribution in [2.24, 2.45) is 0 Å². The van der Waals surface area contributed by atoms with Gasteiger partial charge in [-0.1, -0.05) is 28.9 Å². The van der Waals surface area contributed by atoms with Gasteiger partial charge in [-0.25, -0.2) is 4.39 Å². The molecular formula is C13H19BrFNO. The summed E-state index contributed by atoms with van der Waals surface area (Å²) in [5.74, 6) is 0.369. The van der Waals surface area contributed by atoms with Gasteiger partial charge in [0, 0.05) is 30.0 Å². The molecule has 1 aromatic carbocycles. The first kappa shape index (κ1) is 14.5. The lowest BCUT2D eigenvalue weighted by molar-refractivity contribution is 0.279. The SMILES string of the molecule is CCCN(CCBr)Cc1ccc(OC)cc1F. The third kappa shape index (κ3) is 4.64. The van der Waals surface area contributed by atoms with Crippen LogP contribution in [0.3, 0.4) is 0 Å². The number of benzene rings is 1. The van der Waals surface area contributed by atoms with Crippen LogP contribution in [0.15, 0.2) is 18.2 Å². The van der Waals surface area contributed by atoms with Gasteiger partial charge in [-0.05, 0) is 19.0 Å². The molecule has 0 radical (unpaired) electrons. The Kier molecular flexibility index (Phi) is 6.52. The maximum absolute atomic E-state index is 13.8. The molecule has 1 aromatic rings. The minimum Gasteiger partial charge on any atom is -0.497 e. The predicted molar refractivity (Wildman–Crippen MR) is 72.3 cm³/mol. The molecule has 0 bridgehead atoms. The van der Waals surface area contributed by atoms with E-state index < -0.39 is 0 Å². The number of alkyl halides is 1. The highest BCUT2D eigenvalue weighted by atomic mass is 79.9. The monoisotopic (exact) mass is 303 g/mol. The molecular weight excluding hydrogens is 285 g/mol. The summed E-state index contributed by atoms with van der Waals surface area (Å²) in [4.78, 5) is 2.24. The number of nitrogens with zero attached hydrogens (tertiary/aromatic N) is 1. The van der Waals surface area contributed by atoms with Gasteiger partial charge in [0.2, 0.25) is 0 Å². The van der Waals surface area contributed by atoms with Crippen molar-refractivity contribution in [3.63, 3.8) is 0 Å². The van der Waals surface area contributed by atoms with Crippen LogP contribution in [0.2, 0.25) is 0 Å². The van der Waals surface area contributed by atoms with E-state index in [2.05, 4.69) is 27.8 Å². The van der Waals surface area contributed by atoms with Crippen LogP contribution in [0.1, 0.15) is 18.9 Å². The van der Waals surface area contributed by atoms with Crippen LogP contribution in [0.5, 0.6) is 5.75 Å². The molecule has 2 nitrogen and oxygen atoms in total. The number of ether oxygens (including phenoxy) is 1. The maximum atomic E-state index is 13.8. The normalized spacial score (nSPS) is 10.9. The molecule has 0 saturated heterocycles. The van der Waals surface area contributed by atoms with Crippen LogP contribution in [0.4, 0.5) is 4.39 Å². The highest BCUT2D eigenvalue weighted by Crippen LogP contribution is 2.17. The van der Waals surface area contributed by atoms with Crippen molar-refractivity contribution in [1.82, 2.24) is 4.90 Å². The second-order valence-corrected chi connectivity index (χ2v) is 4.72. The molecule has 0 amide bonds. The van der Waals surface area contributed by atoms with Crippen molar-refractivity contribution in [2.75, 3.05) is 25.5 Å². The number of hydrogen-bond donors (Lipinski definition) is 0. The number of methoxy groups -OCH3 is 1. The predicted octanol–water partition coefficient (Wildman–Crippen LogP) is 3.44. The molecule has 0 aliphatic carbocycles. The summed E-state index contributed by atoms with van der Waals surface area (Å²) < 4.78 is 18.7. The summed E-state index contributed by atoms with van der Waals surface area (Å²) in [5, 5.41) is 0.908. The first-order chi connectivity index (χ1) is 8.21. The van der Waals surface area contributed by atoms with E-state index in [9.17, 15) is 4.39 Å². The summed E-state index contributed by atoms with van der Waals surface area (Å²) in [6, 6.07) is 5.04. The second-order valence-electron chi connectivity index (χ2n) is 3.92. The molecule has 4 heteroatoms. The minimum atomic E-state index is -0.194. The highest BCUT2D eigenvalue weighted by Gasteiger charge is 2.09. The van der Waals surface area contributed by atoms with E-state index in [1.165, 1.54) is 6.07 Å². The lowest BCUT2D eigenvalue weighted by Gasteiger charge is -2.21. The van der Waals surface area contributed by atoms with Gasteiger partial charge < -0.3 is 4.74 Å². The van der Waals surface area contributed by atoms with Crippen molar-refractivity contribution in [3.8, 4) is 5.75 Å². The summed E-state index contributed by atoms with van der Waals surface area (Å²) in [5.41, 5.74) is 0.722. The third-order valence-electron chi connectivity index (χ3n) is 2.59. The summed E-state index contributed by atoms with van der Waals surface area (Å²) in [7, 11) is 1.54. The van der Waals surface area contributed by atoms with Gasteiger partial charge in [0.25, 0.3) is 0 Å². The van der Waals surface area contributed by atoms with Crippen LogP contribution in [-0.2, 0) is 6.54 Å². The maximum Gasteiger partial charge on any atom is 0.131 e. The molecule has 0 aliphatic rings. The van der Waals surface area contributed by atoms with Gasteiger partial charge in [0.15, 0.2) is 0 Å². The summed E-state index contributed by atoms with van der Waals surface area (Å²) in [6.45, 7) is 4.69. The van der Waals surface area contributed by atoms with Gasteiger partial charge >= 0.3 is 0 Å². The summed E-state index contributed by atoms with van der Waals surface area (Å²) >= 11 is 3.42. The van der Waals surface area contributed by atoms with Crippen molar-refractivity contribution < 1.29 is 9.13 Å². The molecule has 96 valence electrons. The van der Waals surface area contributed by atoms with Gasteiger partial charge in [0.1, 0.15) is 11.6 Å². The molecule has 0 saturated carbocycles. The lowest BCUT2D eigenvalue weighted by atomic mass is 10.2. The Morgan fingerprint density at radius 2 is 2.12 bits per heavy atom. The minimum absolute atomic E-state index is 0.194. The van der Waals surface area contributed by atoms with Crippen molar-refractivity contribution >= 4 is 15.9 Å². The van der Waals surface area contributed by atoms with E-state index in [4.69, 9.17) is 4.74 Å². The van der Waals surface area contributed by atoms with Gasteiger partial charge in [-0.3, -0.25) is 4.90 Å². The van der Waals surface area contributed by atoms with E-state index in [1.807, 2.05) is 0 Å². The zero-order chi connectivity index (χ0) is 12.7. The number of hydrogen-bond acceptors (Lipinski definition) is 2. The quantitative estimate of drug-likeness (QED) is 0.716. The lowest BCUT2D eigenvalue weighted by Crippen LogP contribution is -2.26. The Bertz CT molecular complexity index is 340. The molecule has 0 unspecified atom stereocenters. The average molecular weight is 304 g/mol. The van der Waals surface area contributed by atoms with Crippen LogP contribution in [-0.4, -0.2) is 30.4 Å². The van der Waals surface area contributed by atoms with E-state index in [0.29, 0.717) is 12.3 Å². The van der Waals surface area contributed by atoms with Gasteiger partial charge in [-0.2, -0.15) is 0 Å². The molecule has 0 aliphatic heterocycles. The Labute approximate surface area is 111 Å². The Morgan fingerprint density at radius 1 is 1.35 bits per heavy atom. The molecule has 0 N–H and O–H groups in total. The smallest absolute Gasteiger partial charge is 0.131 e. The first-order valence-corrected chi connectivity index (χ1v) is 6.94. The van der Waals surface area contributed by atoms with Gasteiger partial charge in [0.05, 0.1) is 7.11 Å². The van der Waals surface area contributed by atoms with E-state index >= 15 is 0 Å². The Balaban J connectivity index is 2.71. The van der Waals surface area contributed by atoms with Crippen molar-refractivity contribution in [2.45, 2.75) is 19.9 Å². The average Bonchev–Trinajstić information content (AvgIpc) is 2.32. The van der Waals surface area contributed by atoms with Crippen LogP contribution in [0, 0.1) is 5.82 Å². The van der Waals surface area contributed by atoms with E-state index in [0.717, 1.165) is 30.4 Å². The van der Waals surface area contributed by atoms with Crippen LogP contribution >= 0.6 is 15.9 Å². The summed E-state index contributed by atoms with van der Waals surface area (Å²) in [6.07, 6.45) is 1.07. The zero-order valence-electron chi connectivity index (χ0n) is 10.4. The van der Waals surface area contributed by atoms with Crippen molar-refractivity contribution in [3.05, 3.63) is 29.6 Å². The van der Waals surface area contributed by atoms with Crippen molar-refractivity contribution in [1.29, 1.82) is 0 Å². The number of rotatable bonds is 7. The van der Waals surface area contributed by atoms with Crippen LogP contribution in [0.25, 0.3) is 0 Å². The second kappa shape index (κ2) is 7.67. The molecule has 0 aromatic heterocycles. The Hall–Kier alpha value is -0.610. The largest absolute Gasteiger partial charge is 0.497 e. The fourth-order valence-electron chi connectivity index (χ4n) is 1.73. The fourth-order valence-corrected chi connectivity index (χ4v) is 2.23. The molecule has 0 heterocycles. The van der Waals surface area contributed by atoms with Gasteiger partial charge in [-0.15, -0.1) is 0 Å². The third-order valence-corrected chi connectivity index (χ3v) is 2.95.